The van der Waals surface area contributed by atoms with Crippen molar-refractivity contribution >= 4 is 29.1 Å². The molecule has 2 aromatic carbocycles. The number of hydrogen-bond donors (Lipinski definition) is 3. The van der Waals surface area contributed by atoms with Crippen LogP contribution >= 0.6 is 0 Å². The third kappa shape index (κ3) is 5.07. The van der Waals surface area contributed by atoms with E-state index < -0.39 is 29.1 Å². The number of carbonyl (C=O) groups is 3. The van der Waals surface area contributed by atoms with E-state index in [0.717, 1.165) is 24.3 Å². The highest BCUT2D eigenvalue weighted by atomic mass is 16.5. The van der Waals surface area contributed by atoms with E-state index in [0.29, 0.717) is 38.0 Å². The van der Waals surface area contributed by atoms with E-state index in [4.69, 9.17) is 4.74 Å². The second-order valence-electron chi connectivity index (χ2n) is 12.1. The lowest BCUT2D eigenvalue weighted by Crippen LogP contribution is -2.54. The molecule has 42 heavy (non-hydrogen) atoms. The van der Waals surface area contributed by atoms with Crippen molar-refractivity contribution in [3.8, 4) is 0 Å². The Bertz CT molecular complexity index is 1280. The van der Waals surface area contributed by atoms with Gasteiger partial charge in [0, 0.05) is 44.2 Å². The van der Waals surface area contributed by atoms with Crippen LogP contribution in [0, 0.1) is 17.8 Å². The van der Waals surface area contributed by atoms with Gasteiger partial charge in [0.05, 0.1) is 17.4 Å². The van der Waals surface area contributed by atoms with Gasteiger partial charge in [-0.3, -0.25) is 14.4 Å². The highest BCUT2D eigenvalue weighted by Gasteiger charge is 2.79. The van der Waals surface area contributed by atoms with Crippen molar-refractivity contribution in [3.63, 3.8) is 0 Å². The van der Waals surface area contributed by atoms with Gasteiger partial charge in [-0.25, -0.2) is 0 Å². The highest BCUT2D eigenvalue weighted by Crippen LogP contribution is 2.65. The molecule has 0 aromatic heterocycles. The second kappa shape index (κ2) is 12.1. The van der Waals surface area contributed by atoms with Crippen molar-refractivity contribution in [1.29, 1.82) is 0 Å². The van der Waals surface area contributed by atoms with Gasteiger partial charge in [0.2, 0.25) is 17.7 Å². The van der Waals surface area contributed by atoms with Gasteiger partial charge in [-0.2, -0.15) is 0 Å². The van der Waals surface area contributed by atoms with E-state index in [1.165, 1.54) is 0 Å². The predicted molar refractivity (Wildman–Crippen MR) is 162 cm³/mol. The first-order chi connectivity index (χ1) is 20.2. The second-order valence-corrected chi connectivity index (χ2v) is 12.1. The lowest BCUT2D eigenvalue weighted by molar-refractivity contribution is -0.146. The highest BCUT2D eigenvalue weighted by molar-refractivity contribution is 6.03. The lowest BCUT2D eigenvalue weighted by Gasteiger charge is -2.36. The maximum Gasteiger partial charge on any atom is 0.250 e. The summed E-state index contributed by atoms with van der Waals surface area (Å²) >= 11 is 0. The molecule has 3 aliphatic heterocycles. The SMILES string of the molecule is CCN(CC)c1ccc(NC(=O)C2N(CCCCO)C(=O)[C@@H]3[C@H](C(=O)NCc4ccccc4)[C@@]4(C)OC23CC4C)cc1. The summed E-state index contributed by atoms with van der Waals surface area (Å²) in [5.41, 5.74) is 0.701. The minimum absolute atomic E-state index is 0.00245. The maximum absolute atomic E-state index is 14.2. The van der Waals surface area contributed by atoms with Crippen LogP contribution in [0.4, 0.5) is 11.4 Å². The molecule has 2 aromatic rings. The number of aliphatic hydroxyl groups excluding tert-OH is 1. The number of amides is 3. The third-order valence-electron chi connectivity index (χ3n) is 9.73. The molecule has 226 valence electrons. The number of rotatable bonds is 12. The fourth-order valence-electron chi connectivity index (χ4n) is 7.52. The number of ether oxygens (including phenoxy) is 1. The number of hydrogen-bond acceptors (Lipinski definition) is 6. The van der Waals surface area contributed by atoms with E-state index in [1.807, 2.05) is 68.4 Å². The summed E-state index contributed by atoms with van der Waals surface area (Å²) in [6, 6.07) is 16.5. The van der Waals surface area contributed by atoms with Gasteiger partial charge in [-0.1, -0.05) is 37.3 Å². The molecule has 3 saturated heterocycles. The number of benzene rings is 2. The first-order valence-corrected chi connectivity index (χ1v) is 15.3. The monoisotopic (exact) mass is 576 g/mol. The largest absolute Gasteiger partial charge is 0.396 e. The van der Waals surface area contributed by atoms with Crippen molar-refractivity contribution in [1.82, 2.24) is 10.2 Å². The van der Waals surface area contributed by atoms with E-state index in [9.17, 15) is 19.5 Å². The lowest BCUT2D eigenvalue weighted by atomic mass is 9.62. The summed E-state index contributed by atoms with van der Waals surface area (Å²) in [5, 5.41) is 15.5. The quantitative estimate of drug-likeness (QED) is 0.333. The number of carbonyl (C=O) groups excluding carboxylic acids is 3. The molecule has 6 atom stereocenters. The molecule has 5 rings (SSSR count). The number of unbranched alkanes of at least 4 members (excludes halogenated alkanes) is 1. The van der Waals surface area contributed by atoms with E-state index in [1.54, 1.807) is 4.90 Å². The van der Waals surface area contributed by atoms with Crippen LogP contribution in [-0.2, 0) is 25.7 Å². The van der Waals surface area contributed by atoms with Crippen LogP contribution in [0.3, 0.4) is 0 Å². The summed E-state index contributed by atoms with van der Waals surface area (Å²) in [7, 11) is 0. The van der Waals surface area contributed by atoms with Gasteiger partial charge in [-0.05, 0) is 75.8 Å². The molecule has 9 heteroatoms. The predicted octanol–water partition coefficient (Wildman–Crippen LogP) is 3.57. The Balaban J connectivity index is 1.43. The Morgan fingerprint density at radius 1 is 1.05 bits per heavy atom. The van der Waals surface area contributed by atoms with Crippen LogP contribution < -0.4 is 15.5 Å². The Labute approximate surface area is 248 Å². The van der Waals surface area contributed by atoms with Crippen LogP contribution in [0.2, 0.25) is 0 Å². The van der Waals surface area contributed by atoms with Gasteiger partial charge in [0.15, 0.2) is 0 Å². The fraction of sp³-hybridized carbons (Fsp3) is 0.545. The molecule has 3 N–H and O–H groups in total. The van der Waals surface area contributed by atoms with Gasteiger partial charge in [0.1, 0.15) is 11.6 Å². The van der Waals surface area contributed by atoms with Crippen molar-refractivity contribution in [2.75, 3.05) is 36.5 Å². The number of likely N-dealkylation sites (tertiary alicyclic amines) is 1. The van der Waals surface area contributed by atoms with Gasteiger partial charge in [0.25, 0.3) is 0 Å². The van der Waals surface area contributed by atoms with Crippen molar-refractivity contribution in [2.45, 2.75) is 70.7 Å². The molecule has 0 radical (unpaired) electrons. The summed E-state index contributed by atoms with van der Waals surface area (Å²) in [4.78, 5) is 45.9. The Morgan fingerprint density at radius 2 is 1.74 bits per heavy atom. The number of fused-ring (bicyclic) bond motifs is 1. The van der Waals surface area contributed by atoms with Gasteiger partial charge in [-0.15, -0.1) is 0 Å². The molecule has 9 nitrogen and oxygen atoms in total. The van der Waals surface area contributed by atoms with E-state index in [2.05, 4.69) is 29.4 Å². The molecule has 0 aliphatic carbocycles. The van der Waals surface area contributed by atoms with Crippen molar-refractivity contribution in [2.24, 2.45) is 17.8 Å². The average molecular weight is 577 g/mol. The number of aliphatic hydroxyl groups is 1. The molecule has 1 spiro atoms. The van der Waals surface area contributed by atoms with Crippen LogP contribution in [-0.4, -0.2) is 71.2 Å². The topological polar surface area (TPSA) is 111 Å². The summed E-state index contributed by atoms with van der Waals surface area (Å²) < 4.78 is 6.79. The first-order valence-electron chi connectivity index (χ1n) is 15.3. The zero-order chi connectivity index (χ0) is 30.1. The van der Waals surface area contributed by atoms with Crippen LogP contribution in [0.1, 0.15) is 52.5 Å². The van der Waals surface area contributed by atoms with Crippen LogP contribution in [0.5, 0.6) is 0 Å². The van der Waals surface area contributed by atoms with Crippen molar-refractivity contribution in [3.05, 3.63) is 60.2 Å². The number of nitrogens with one attached hydrogen (secondary N) is 2. The maximum atomic E-state index is 14.2. The van der Waals surface area contributed by atoms with E-state index >= 15 is 0 Å². The fourth-order valence-corrected chi connectivity index (χ4v) is 7.52. The Morgan fingerprint density at radius 3 is 2.38 bits per heavy atom. The molecule has 3 heterocycles. The molecule has 3 fully saturated rings. The van der Waals surface area contributed by atoms with Crippen LogP contribution in [0.25, 0.3) is 0 Å². The van der Waals surface area contributed by atoms with E-state index in [-0.39, 0.29) is 30.2 Å². The smallest absolute Gasteiger partial charge is 0.250 e. The molecule has 0 saturated carbocycles. The van der Waals surface area contributed by atoms with Crippen LogP contribution in [0.15, 0.2) is 54.6 Å². The third-order valence-corrected chi connectivity index (χ3v) is 9.73. The van der Waals surface area contributed by atoms with Gasteiger partial charge >= 0.3 is 0 Å². The summed E-state index contributed by atoms with van der Waals surface area (Å²) in [6.45, 7) is 10.6. The molecule has 2 bridgehead atoms. The minimum atomic E-state index is -1.11. The first kappa shape index (κ1) is 30.0. The van der Waals surface area contributed by atoms with Crippen molar-refractivity contribution < 1.29 is 24.2 Å². The zero-order valence-corrected chi connectivity index (χ0v) is 25.1. The average Bonchev–Trinajstić information content (AvgIpc) is 3.50. The standard InChI is InChI=1S/C33H44N4O5/c1-5-36(6-2)25-16-14-24(15-17-25)35-30(40)28-33-20-22(3)32(4,42-33)26(27(33)31(41)37(28)18-10-11-19-38)29(39)34-21-23-12-8-7-9-13-23/h7-9,12-17,22,26-28,38H,5-6,10-11,18-21H2,1-4H3,(H,34,39)(H,35,40)/t22?,26-,27+,28?,32+,33?/m1/s1. The summed E-state index contributed by atoms with van der Waals surface area (Å²) in [5.74, 6) is -2.27. The molecule has 3 aliphatic rings. The Hall–Kier alpha value is -3.43. The number of nitrogens with zero attached hydrogens (tertiary/aromatic N) is 2. The normalized spacial score (nSPS) is 29.5. The molecular formula is C33H44N4O5. The molecule has 3 unspecified atom stereocenters. The minimum Gasteiger partial charge on any atom is -0.396 e. The zero-order valence-electron chi connectivity index (χ0n) is 25.1. The Kier molecular flexibility index (Phi) is 8.62. The molecular weight excluding hydrogens is 532 g/mol. The summed E-state index contributed by atoms with van der Waals surface area (Å²) in [6.07, 6.45) is 1.57. The van der Waals surface area contributed by atoms with Gasteiger partial charge < -0.3 is 30.3 Å². The number of anilines is 2. The molecule has 3 amide bonds.